The van der Waals surface area contributed by atoms with E-state index in [4.69, 9.17) is 6.42 Å². The van der Waals surface area contributed by atoms with E-state index in [1.807, 2.05) is 0 Å². The lowest BCUT2D eigenvalue weighted by atomic mass is 9.85. The molecule has 1 heterocycles. The zero-order valence-electron chi connectivity index (χ0n) is 7.75. The summed E-state index contributed by atoms with van der Waals surface area (Å²) in [6.45, 7) is 0. The summed E-state index contributed by atoms with van der Waals surface area (Å²) in [5.74, 6) is 2.86. The third kappa shape index (κ3) is 1.62. The molecule has 0 amide bonds. The molecular weight excluding hydrogens is 162 g/mol. The van der Waals surface area contributed by atoms with E-state index in [9.17, 15) is 4.79 Å². The van der Waals surface area contributed by atoms with Crippen LogP contribution in [0.5, 0.6) is 0 Å². The average Bonchev–Trinajstić information content (AvgIpc) is 2.59. The van der Waals surface area contributed by atoms with E-state index in [0.717, 1.165) is 6.42 Å². The first-order valence-electron chi connectivity index (χ1n) is 5.08. The molecule has 2 fully saturated rings. The summed E-state index contributed by atoms with van der Waals surface area (Å²) in [6.07, 6.45) is 11.2. The summed E-state index contributed by atoms with van der Waals surface area (Å²) in [5.41, 5.74) is 0. The molecule has 2 aliphatic rings. The molecule has 2 nitrogen and oxygen atoms in total. The van der Waals surface area contributed by atoms with Crippen LogP contribution < -0.4 is 5.32 Å². The Morgan fingerprint density at radius 2 is 2.15 bits per heavy atom. The van der Waals surface area contributed by atoms with Crippen LogP contribution in [0.3, 0.4) is 0 Å². The van der Waals surface area contributed by atoms with Crippen LogP contribution in [0.25, 0.3) is 0 Å². The highest BCUT2D eigenvalue weighted by Gasteiger charge is 2.37. The van der Waals surface area contributed by atoms with E-state index in [2.05, 4.69) is 11.2 Å². The number of hydrogen-bond acceptors (Lipinski definition) is 2. The largest absolute Gasteiger partial charge is 0.304 e. The van der Waals surface area contributed by atoms with Crippen LogP contribution in [-0.2, 0) is 4.79 Å². The third-order valence-corrected chi connectivity index (χ3v) is 3.32. The van der Waals surface area contributed by atoms with Crippen molar-refractivity contribution in [3.05, 3.63) is 0 Å². The van der Waals surface area contributed by atoms with Crippen molar-refractivity contribution >= 4 is 5.78 Å². The fraction of sp³-hybridized carbons (Fsp3) is 0.727. The molecule has 3 unspecified atom stereocenters. The number of carbonyl (C=O) groups excluding carboxylic acids is 1. The van der Waals surface area contributed by atoms with Crippen LogP contribution in [0.15, 0.2) is 0 Å². The Hall–Kier alpha value is -0.810. The standard InChI is InChI=1S/C11H15NO/c1-2-11(13)10-7-8-5-3-4-6-9(8)12-10/h1,8-10,12H,3-7H2. The summed E-state index contributed by atoms with van der Waals surface area (Å²) in [7, 11) is 0. The van der Waals surface area contributed by atoms with Crippen LogP contribution in [0.4, 0.5) is 0 Å². The van der Waals surface area contributed by atoms with Crippen LogP contribution in [0.2, 0.25) is 0 Å². The molecule has 1 aliphatic carbocycles. The first-order chi connectivity index (χ1) is 6.31. The number of ketones is 1. The van der Waals surface area contributed by atoms with Gasteiger partial charge in [0.25, 0.3) is 0 Å². The quantitative estimate of drug-likeness (QED) is 0.480. The van der Waals surface area contributed by atoms with Gasteiger partial charge in [0.05, 0.1) is 6.04 Å². The number of nitrogens with one attached hydrogen (secondary N) is 1. The second kappa shape index (κ2) is 3.51. The molecule has 1 N–H and O–H groups in total. The Kier molecular flexibility index (Phi) is 2.37. The van der Waals surface area contributed by atoms with E-state index < -0.39 is 0 Å². The molecule has 0 aromatic rings. The van der Waals surface area contributed by atoms with Crippen molar-refractivity contribution in [3.8, 4) is 12.3 Å². The highest BCUT2D eigenvalue weighted by molar-refractivity contribution is 5.99. The first kappa shape index (κ1) is 8.77. The lowest BCUT2D eigenvalue weighted by Crippen LogP contribution is -2.36. The molecule has 0 aromatic heterocycles. The summed E-state index contributed by atoms with van der Waals surface area (Å²) in [4.78, 5) is 11.3. The number of Topliss-reactive ketones (excluding diaryl/α,β-unsaturated/α-hetero) is 1. The summed E-state index contributed by atoms with van der Waals surface area (Å²) >= 11 is 0. The molecule has 0 spiro atoms. The Morgan fingerprint density at radius 1 is 1.38 bits per heavy atom. The van der Waals surface area contributed by atoms with Crippen molar-refractivity contribution < 1.29 is 4.79 Å². The minimum atomic E-state index is -0.0607. The van der Waals surface area contributed by atoms with E-state index in [0.29, 0.717) is 12.0 Å². The molecule has 0 aromatic carbocycles. The van der Waals surface area contributed by atoms with Crippen molar-refractivity contribution in [2.45, 2.75) is 44.2 Å². The monoisotopic (exact) mass is 177 g/mol. The highest BCUT2D eigenvalue weighted by atomic mass is 16.1. The summed E-state index contributed by atoms with van der Waals surface area (Å²) in [5, 5.41) is 3.35. The molecule has 1 saturated carbocycles. The Labute approximate surface area is 79.1 Å². The van der Waals surface area contributed by atoms with Crippen LogP contribution >= 0.6 is 0 Å². The summed E-state index contributed by atoms with van der Waals surface area (Å²) < 4.78 is 0. The maximum absolute atomic E-state index is 11.3. The predicted molar refractivity (Wildman–Crippen MR) is 51.1 cm³/mol. The lowest BCUT2D eigenvalue weighted by molar-refractivity contribution is -0.115. The smallest absolute Gasteiger partial charge is 0.222 e. The average molecular weight is 177 g/mol. The number of rotatable bonds is 1. The van der Waals surface area contributed by atoms with Gasteiger partial charge in [-0.3, -0.25) is 4.79 Å². The molecule has 13 heavy (non-hydrogen) atoms. The van der Waals surface area contributed by atoms with E-state index in [1.165, 1.54) is 25.7 Å². The molecule has 1 aliphatic heterocycles. The normalized spacial score (nSPS) is 37.9. The van der Waals surface area contributed by atoms with Crippen LogP contribution in [0.1, 0.15) is 32.1 Å². The zero-order valence-corrected chi connectivity index (χ0v) is 7.75. The molecule has 3 atom stereocenters. The highest BCUT2D eigenvalue weighted by Crippen LogP contribution is 2.33. The molecule has 1 saturated heterocycles. The van der Waals surface area contributed by atoms with Crippen molar-refractivity contribution in [2.24, 2.45) is 5.92 Å². The molecule has 70 valence electrons. The third-order valence-electron chi connectivity index (χ3n) is 3.32. The van der Waals surface area contributed by atoms with Gasteiger partial charge in [-0.25, -0.2) is 0 Å². The fourth-order valence-electron chi connectivity index (χ4n) is 2.62. The topological polar surface area (TPSA) is 29.1 Å². The van der Waals surface area contributed by atoms with Gasteiger partial charge in [0, 0.05) is 6.04 Å². The van der Waals surface area contributed by atoms with Crippen LogP contribution in [-0.4, -0.2) is 17.9 Å². The minimum absolute atomic E-state index is 0.0434. The maximum atomic E-state index is 11.3. The van der Waals surface area contributed by atoms with Gasteiger partial charge in [-0.2, -0.15) is 0 Å². The maximum Gasteiger partial charge on any atom is 0.222 e. The van der Waals surface area contributed by atoms with Gasteiger partial charge in [-0.1, -0.05) is 12.8 Å². The number of terminal acetylenes is 1. The van der Waals surface area contributed by atoms with Gasteiger partial charge < -0.3 is 5.32 Å². The SMILES string of the molecule is C#CC(=O)C1CC2CCCCC2N1. The number of hydrogen-bond donors (Lipinski definition) is 1. The van der Waals surface area contributed by atoms with Crippen molar-refractivity contribution in [2.75, 3.05) is 0 Å². The Bertz CT molecular complexity index is 239. The van der Waals surface area contributed by atoms with Gasteiger partial charge in [0.15, 0.2) is 0 Å². The van der Waals surface area contributed by atoms with Gasteiger partial charge >= 0.3 is 0 Å². The lowest BCUT2D eigenvalue weighted by Gasteiger charge is -2.24. The molecule has 0 bridgehead atoms. The second-order valence-corrected chi connectivity index (χ2v) is 4.11. The number of carbonyl (C=O) groups is 1. The minimum Gasteiger partial charge on any atom is -0.304 e. The zero-order chi connectivity index (χ0) is 9.26. The van der Waals surface area contributed by atoms with Crippen LogP contribution in [0, 0.1) is 18.3 Å². The Morgan fingerprint density at radius 3 is 2.85 bits per heavy atom. The van der Waals surface area contributed by atoms with Gasteiger partial charge in [0.1, 0.15) is 0 Å². The summed E-state index contributed by atoms with van der Waals surface area (Å²) in [6, 6.07) is 0.522. The molecule has 2 heteroatoms. The van der Waals surface area contributed by atoms with Crippen molar-refractivity contribution in [1.29, 1.82) is 0 Å². The predicted octanol–water partition coefficient (Wildman–Crippen LogP) is 1.11. The number of fused-ring (bicyclic) bond motifs is 1. The van der Waals surface area contributed by atoms with Crippen molar-refractivity contribution in [3.63, 3.8) is 0 Å². The van der Waals surface area contributed by atoms with E-state index >= 15 is 0 Å². The molecule has 2 rings (SSSR count). The first-order valence-corrected chi connectivity index (χ1v) is 5.08. The van der Waals surface area contributed by atoms with Gasteiger partial charge in [-0.05, 0) is 31.1 Å². The van der Waals surface area contributed by atoms with Gasteiger partial charge in [-0.15, -0.1) is 6.42 Å². The fourth-order valence-corrected chi connectivity index (χ4v) is 2.62. The van der Waals surface area contributed by atoms with Gasteiger partial charge in [0.2, 0.25) is 5.78 Å². The van der Waals surface area contributed by atoms with Crippen molar-refractivity contribution in [1.82, 2.24) is 5.32 Å². The molecule has 0 radical (unpaired) electrons. The van der Waals surface area contributed by atoms with E-state index in [-0.39, 0.29) is 11.8 Å². The second-order valence-electron chi connectivity index (χ2n) is 4.11. The van der Waals surface area contributed by atoms with E-state index in [1.54, 1.807) is 0 Å². The Balaban J connectivity index is 1.99. The molecular formula is C11H15NO.